The van der Waals surface area contributed by atoms with Gasteiger partial charge in [-0.15, -0.1) is 11.3 Å². The molecule has 3 rings (SSSR count). The predicted octanol–water partition coefficient (Wildman–Crippen LogP) is 4.36. The number of nitrogens with one attached hydrogen (secondary N) is 1. The highest BCUT2D eigenvalue weighted by molar-refractivity contribution is 7.14. The summed E-state index contributed by atoms with van der Waals surface area (Å²) in [6.07, 6.45) is 2.43. The van der Waals surface area contributed by atoms with Crippen molar-refractivity contribution in [2.45, 2.75) is 13.3 Å². The lowest BCUT2D eigenvalue weighted by atomic mass is 10.2. The Hall–Kier alpha value is -2.58. The third-order valence-corrected chi connectivity index (χ3v) is 4.65. The van der Waals surface area contributed by atoms with Crippen molar-refractivity contribution in [1.29, 1.82) is 0 Å². The topological polar surface area (TPSA) is 71.0 Å². The van der Waals surface area contributed by atoms with Gasteiger partial charge in [0.2, 0.25) is 5.13 Å². The fourth-order valence-corrected chi connectivity index (χ4v) is 3.08. The van der Waals surface area contributed by atoms with Crippen molar-refractivity contribution in [2.75, 3.05) is 16.3 Å². The number of nitrogens with zero attached hydrogens (tertiary/aromatic N) is 4. The first-order chi connectivity index (χ1) is 12.6. The van der Waals surface area contributed by atoms with Gasteiger partial charge < -0.3 is 5.32 Å². The van der Waals surface area contributed by atoms with Crippen molar-refractivity contribution in [2.24, 2.45) is 0 Å². The largest absolute Gasteiger partial charge is 0.370 e. The molecule has 0 radical (unpaired) electrons. The highest BCUT2D eigenvalue weighted by Crippen LogP contribution is 2.29. The van der Waals surface area contributed by atoms with Crippen LogP contribution < -0.4 is 9.74 Å². The van der Waals surface area contributed by atoms with Crippen LogP contribution in [0, 0.1) is 5.82 Å². The van der Waals surface area contributed by atoms with Crippen LogP contribution in [0.25, 0.3) is 11.4 Å². The number of rotatable bonds is 6. The van der Waals surface area contributed by atoms with E-state index in [0.717, 1.165) is 17.4 Å². The molecule has 134 valence electrons. The number of hydrogen-bond donors (Lipinski definition) is 1. The van der Waals surface area contributed by atoms with Gasteiger partial charge in [-0.1, -0.05) is 6.92 Å². The first kappa shape index (κ1) is 18.2. The summed E-state index contributed by atoms with van der Waals surface area (Å²) in [5.41, 5.74) is 1.48. The number of hydrogen-bond acceptors (Lipinski definition) is 6. The van der Waals surface area contributed by atoms with E-state index in [2.05, 4.69) is 27.2 Å². The van der Waals surface area contributed by atoms with E-state index in [-0.39, 0.29) is 5.56 Å². The Morgan fingerprint density at radius 1 is 1.27 bits per heavy atom. The summed E-state index contributed by atoms with van der Waals surface area (Å²) in [6, 6.07) is 6.94. The molecule has 0 unspecified atom stereocenters. The molecule has 0 bridgehead atoms. The van der Waals surface area contributed by atoms with Gasteiger partial charge >= 0.3 is 0 Å². The zero-order valence-electron chi connectivity index (χ0n) is 13.8. The lowest BCUT2D eigenvalue weighted by Crippen LogP contribution is -2.20. The van der Waals surface area contributed by atoms with Crippen LogP contribution in [-0.4, -0.2) is 27.4 Å². The van der Waals surface area contributed by atoms with Gasteiger partial charge in [-0.2, -0.15) is 4.42 Å². The molecular formula is C17H15ClFN5OS. The summed E-state index contributed by atoms with van der Waals surface area (Å²) in [5.74, 6) is -0.201. The molecule has 0 aliphatic heterocycles. The van der Waals surface area contributed by atoms with E-state index in [1.807, 2.05) is 0 Å². The molecule has 0 saturated heterocycles. The minimum atomic E-state index is -0.486. The first-order valence-corrected chi connectivity index (χ1v) is 9.08. The second kappa shape index (κ2) is 8.20. The minimum absolute atomic E-state index is 0.270. The predicted molar refractivity (Wildman–Crippen MR) is 101 cm³/mol. The van der Waals surface area contributed by atoms with Crippen molar-refractivity contribution >= 4 is 40.0 Å². The molecule has 1 aromatic carbocycles. The summed E-state index contributed by atoms with van der Waals surface area (Å²) in [5, 5.41) is 5.24. The number of halogens is 2. The molecule has 9 heteroatoms. The number of amides is 1. The second-order valence-electron chi connectivity index (χ2n) is 5.32. The van der Waals surface area contributed by atoms with E-state index in [4.69, 9.17) is 11.8 Å². The van der Waals surface area contributed by atoms with E-state index in [9.17, 15) is 9.18 Å². The summed E-state index contributed by atoms with van der Waals surface area (Å²) in [6.45, 7) is 2.87. The lowest BCUT2D eigenvalue weighted by Gasteiger charge is -2.10. The Bertz CT molecular complexity index is 902. The average Bonchev–Trinajstić information content (AvgIpc) is 3.16. The van der Waals surface area contributed by atoms with Gasteiger partial charge in [0.05, 0.1) is 5.69 Å². The summed E-state index contributed by atoms with van der Waals surface area (Å²) in [4.78, 5) is 25.1. The van der Waals surface area contributed by atoms with Gasteiger partial charge in [0.1, 0.15) is 23.7 Å². The molecule has 0 spiro atoms. The fraction of sp³-hybridized carbons (Fsp3) is 0.176. The molecule has 0 aliphatic carbocycles. The summed E-state index contributed by atoms with van der Waals surface area (Å²) >= 11 is 7.33. The molecule has 6 nitrogen and oxygen atoms in total. The van der Waals surface area contributed by atoms with E-state index in [0.29, 0.717) is 22.3 Å². The monoisotopic (exact) mass is 391 g/mol. The van der Waals surface area contributed by atoms with E-state index in [1.165, 1.54) is 41.9 Å². The molecule has 0 aliphatic rings. The van der Waals surface area contributed by atoms with E-state index >= 15 is 0 Å². The van der Waals surface area contributed by atoms with Crippen LogP contribution in [-0.2, 0) is 0 Å². The molecular weight excluding hydrogens is 377 g/mol. The van der Waals surface area contributed by atoms with Gasteiger partial charge in [0.15, 0.2) is 0 Å². The van der Waals surface area contributed by atoms with E-state index in [1.54, 1.807) is 11.4 Å². The molecule has 0 fully saturated rings. The van der Waals surface area contributed by atoms with Crippen molar-refractivity contribution in [3.05, 3.63) is 53.4 Å². The first-order valence-electron chi connectivity index (χ1n) is 7.86. The van der Waals surface area contributed by atoms with Crippen LogP contribution >= 0.6 is 23.1 Å². The average molecular weight is 392 g/mol. The maximum absolute atomic E-state index is 13.0. The number of carbonyl (C=O) groups excluding carboxylic acids is 1. The number of carbonyl (C=O) groups is 1. The Morgan fingerprint density at radius 2 is 2.04 bits per heavy atom. The van der Waals surface area contributed by atoms with Crippen LogP contribution in [0.4, 0.5) is 15.3 Å². The fourth-order valence-electron chi connectivity index (χ4n) is 2.11. The Balaban J connectivity index is 1.78. The minimum Gasteiger partial charge on any atom is -0.370 e. The van der Waals surface area contributed by atoms with Crippen LogP contribution in [0.15, 0.2) is 42.0 Å². The van der Waals surface area contributed by atoms with Crippen molar-refractivity contribution in [3.8, 4) is 11.4 Å². The van der Waals surface area contributed by atoms with Crippen LogP contribution in [0.5, 0.6) is 0 Å². The molecule has 26 heavy (non-hydrogen) atoms. The third-order valence-electron chi connectivity index (χ3n) is 3.42. The maximum Gasteiger partial charge on any atom is 0.274 e. The Labute approximate surface area is 158 Å². The van der Waals surface area contributed by atoms with Gasteiger partial charge in [-0.25, -0.2) is 19.3 Å². The lowest BCUT2D eigenvalue weighted by molar-refractivity contribution is 0.101. The maximum atomic E-state index is 13.0. The molecule has 2 heterocycles. The number of benzene rings is 1. The zero-order valence-corrected chi connectivity index (χ0v) is 15.4. The van der Waals surface area contributed by atoms with Crippen molar-refractivity contribution in [1.82, 2.24) is 15.0 Å². The van der Waals surface area contributed by atoms with Crippen LogP contribution in [0.2, 0.25) is 0 Å². The zero-order chi connectivity index (χ0) is 18.5. The van der Waals surface area contributed by atoms with Gasteiger partial charge in [0, 0.05) is 35.3 Å². The van der Waals surface area contributed by atoms with Crippen molar-refractivity contribution in [3.63, 3.8) is 0 Å². The highest BCUT2D eigenvalue weighted by atomic mass is 35.5. The van der Waals surface area contributed by atoms with Crippen LogP contribution in [0.1, 0.15) is 23.7 Å². The SMILES string of the molecule is CCCNc1cc(-c2csc(N(Cl)C(=O)c3ccc(F)cc3)n2)ncn1. The molecule has 3 aromatic rings. The summed E-state index contributed by atoms with van der Waals surface area (Å²) in [7, 11) is 0. The standard InChI is InChI=1S/C17H15ClFN5OS/c1-2-7-20-15-8-13(21-10-22-15)14-9-26-17(23-14)24(18)16(25)11-3-5-12(19)6-4-11/h3-6,8-10H,2,7H2,1H3,(H,20,21,22). The number of anilines is 2. The Morgan fingerprint density at radius 3 is 2.77 bits per heavy atom. The van der Waals surface area contributed by atoms with Crippen molar-refractivity contribution < 1.29 is 9.18 Å². The van der Waals surface area contributed by atoms with Gasteiger partial charge in [-0.3, -0.25) is 4.79 Å². The molecule has 1 N–H and O–H groups in total. The summed E-state index contributed by atoms with van der Waals surface area (Å²) < 4.78 is 13.9. The van der Waals surface area contributed by atoms with E-state index < -0.39 is 11.7 Å². The highest BCUT2D eigenvalue weighted by Gasteiger charge is 2.20. The second-order valence-corrected chi connectivity index (χ2v) is 6.50. The van der Waals surface area contributed by atoms with Gasteiger partial charge in [-0.05, 0) is 30.7 Å². The number of aromatic nitrogens is 3. The van der Waals surface area contributed by atoms with Gasteiger partial charge in [0.25, 0.3) is 5.91 Å². The molecule has 0 saturated carbocycles. The van der Waals surface area contributed by atoms with Crippen LogP contribution in [0.3, 0.4) is 0 Å². The molecule has 2 aromatic heterocycles. The normalized spacial score (nSPS) is 10.6. The molecule has 0 atom stereocenters. The Kier molecular flexibility index (Phi) is 5.75. The third kappa shape index (κ3) is 4.14. The number of thiazole rings is 1. The smallest absolute Gasteiger partial charge is 0.274 e. The quantitative estimate of drug-likeness (QED) is 0.632. The molecule has 1 amide bonds.